The summed E-state index contributed by atoms with van der Waals surface area (Å²) in [6, 6.07) is 17.5. The number of amides is 3. The van der Waals surface area contributed by atoms with Crippen molar-refractivity contribution in [2.24, 2.45) is 5.92 Å². The number of halogens is 2. The van der Waals surface area contributed by atoms with Crippen LogP contribution < -0.4 is 32.6 Å². The summed E-state index contributed by atoms with van der Waals surface area (Å²) < 4.78 is 18.9. The topological polar surface area (TPSA) is 354 Å². The van der Waals surface area contributed by atoms with Crippen LogP contribution in [0.3, 0.4) is 0 Å². The molecule has 1 saturated carbocycles. The van der Waals surface area contributed by atoms with E-state index in [0.717, 1.165) is 65.9 Å². The van der Waals surface area contributed by atoms with E-state index in [9.17, 15) is 33.2 Å². The molecule has 27 nitrogen and oxygen atoms in total. The lowest BCUT2D eigenvalue weighted by Gasteiger charge is -2.27. The first-order valence-electron chi connectivity index (χ1n) is 32.2. The molecule has 0 radical (unpaired) electrons. The Labute approximate surface area is 561 Å². The number of nitrogens with one attached hydrogen (secondary N) is 6. The fraction of sp³-hybridized carbons (Fsp3) is 0.304. The van der Waals surface area contributed by atoms with Crippen LogP contribution in [0.5, 0.6) is 0 Å². The fourth-order valence-electron chi connectivity index (χ4n) is 13.5. The SMILES string of the molecule is CCCc1nc(-c2nc3c(c(=O)[nH]2)C(C)(c2ccc(C)cc2)C(=O)N3)cn2nc(C)nc12.CCCc1nc(-c2nc3c(c(=O)[nH]2)C(C)(c2ccc(Cl)c(C)c2)C(=O)N3)cn2ncnc12.CCCc1nc(-c2nc3c(c(=O)[nH]2)C(c2ccc(F)c(C)c2)(C2CC2)C(=O)N3)cn2ncnc12. The van der Waals surface area contributed by atoms with Gasteiger partial charge in [0.1, 0.15) is 75.1 Å². The first-order chi connectivity index (χ1) is 47.1. The second-order valence-electron chi connectivity index (χ2n) is 25.4. The fourth-order valence-corrected chi connectivity index (χ4v) is 13.6. The van der Waals surface area contributed by atoms with Gasteiger partial charge in [0.05, 0.1) is 52.4 Å². The molecule has 0 spiro atoms. The maximum Gasteiger partial charge on any atom is 0.258 e. The highest BCUT2D eigenvalue weighted by molar-refractivity contribution is 6.31. The van der Waals surface area contributed by atoms with Crippen LogP contribution in [0, 0.1) is 39.4 Å². The monoisotopic (exact) mass is 1340 g/mol. The molecule has 12 heterocycles. The second-order valence-corrected chi connectivity index (χ2v) is 25.8. The van der Waals surface area contributed by atoms with E-state index in [1.165, 1.54) is 18.7 Å². The summed E-state index contributed by atoms with van der Waals surface area (Å²) in [7, 11) is 0. The Hall–Kier alpha value is -11.4. The number of benzene rings is 3. The van der Waals surface area contributed by atoms with E-state index in [-0.39, 0.29) is 81.1 Å². The summed E-state index contributed by atoms with van der Waals surface area (Å²) in [6.07, 6.45) is 14.3. The maximum absolute atomic E-state index is 14.0. The molecule has 16 rings (SSSR count). The lowest BCUT2D eigenvalue weighted by molar-refractivity contribution is -0.120. The molecule has 12 aromatic rings. The number of aromatic amines is 3. The molecule has 3 amide bonds. The third-order valence-electron chi connectivity index (χ3n) is 18.6. The van der Waals surface area contributed by atoms with Gasteiger partial charge in [-0.05, 0) is 120 Å². The van der Waals surface area contributed by atoms with E-state index in [2.05, 4.69) is 93.0 Å². The highest BCUT2D eigenvalue weighted by atomic mass is 35.5. The molecule has 3 aromatic carbocycles. The smallest absolute Gasteiger partial charge is 0.258 e. The number of H-pyrrole nitrogens is 3. The molecule has 1 aliphatic carbocycles. The number of hydrogen-bond acceptors (Lipinski definition) is 18. The Bertz CT molecular complexity index is 5500. The van der Waals surface area contributed by atoms with Crippen molar-refractivity contribution in [3.63, 3.8) is 0 Å². The number of aromatic nitrogens is 18. The lowest BCUT2D eigenvalue weighted by Crippen LogP contribution is -2.41. The Balaban J connectivity index is 0.000000126. The first-order valence-corrected chi connectivity index (χ1v) is 32.6. The van der Waals surface area contributed by atoms with Crippen molar-refractivity contribution in [1.29, 1.82) is 0 Å². The van der Waals surface area contributed by atoms with Crippen LogP contribution >= 0.6 is 11.6 Å². The summed E-state index contributed by atoms with van der Waals surface area (Å²) in [6.45, 7) is 16.9. The summed E-state index contributed by atoms with van der Waals surface area (Å²) in [5.74, 6) is 0.776. The number of fused-ring (bicyclic) bond motifs is 6. The number of anilines is 3. The summed E-state index contributed by atoms with van der Waals surface area (Å²) in [4.78, 5) is 129. The summed E-state index contributed by atoms with van der Waals surface area (Å²) >= 11 is 6.16. The zero-order valence-corrected chi connectivity index (χ0v) is 55.6. The average molecular weight is 1340 g/mol. The van der Waals surface area contributed by atoms with Crippen molar-refractivity contribution >= 4 is 63.7 Å². The number of hydrogen-bond donors (Lipinski definition) is 6. The zero-order valence-electron chi connectivity index (χ0n) is 54.8. The summed E-state index contributed by atoms with van der Waals surface area (Å²) in [5, 5.41) is 21.8. The third-order valence-corrected chi connectivity index (χ3v) is 19.1. The van der Waals surface area contributed by atoms with Gasteiger partial charge in [0.15, 0.2) is 34.4 Å². The van der Waals surface area contributed by atoms with Gasteiger partial charge in [-0.3, -0.25) is 28.8 Å². The predicted molar refractivity (Wildman–Crippen MR) is 361 cm³/mol. The Morgan fingerprint density at radius 2 is 0.949 bits per heavy atom. The molecule has 3 unspecified atom stereocenters. The largest absolute Gasteiger partial charge is 0.309 e. The van der Waals surface area contributed by atoms with Crippen molar-refractivity contribution in [3.8, 4) is 34.6 Å². The number of carbonyl (C=O) groups is 3. The third kappa shape index (κ3) is 10.6. The molecule has 0 saturated heterocycles. The standard InChI is InChI=1S/C24H22FN7O2.C23H23N7O2.C22H20ClN7O2/c1-3-4-16-21-26-11-27-32(21)10-17(28-16)19-29-20-18(22(33)30-19)24(13-5-6-13,23(34)31-20)14-7-8-15(25)12(2)9-14;1-5-6-15-20-24-13(3)29-30(20)11-16(25-15)18-26-19-17(21(31)27-18)23(4,22(32)28-19)14-9-7-12(2)8-10-14;1-4-5-14-19-24-10-25-30(19)9-15(26-14)17-27-18-16(20(31)28-17)22(3,21(32)29-18)12-6-7-13(23)11(2)8-12/h7-11,13H,3-6H2,1-2H3,(H2,29,30,31,33,34);7-11H,5-6H2,1-4H3,(H2,26,27,28,31,32);6-10H,4-5H2,1-3H3,(H2,27,28,29,31,32). The van der Waals surface area contributed by atoms with Crippen LogP contribution in [-0.2, 0) is 49.9 Å². The minimum absolute atomic E-state index is 0.0480. The highest BCUT2D eigenvalue weighted by Gasteiger charge is 2.60. The first kappa shape index (κ1) is 63.9. The molecule has 1 fully saturated rings. The Morgan fingerprint density at radius 3 is 1.44 bits per heavy atom. The number of nitrogens with zero attached hydrogens (tertiary/aromatic N) is 15. The Kier molecular flexibility index (Phi) is 15.9. The normalized spacial score (nSPS) is 18.2. The van der Waals surface area contributed by atoms with Crippen LogP contribution in [-0.4, -0.2) is 106 Å². The van der Waals surface area contributed by atoms with Crippen LogP contribution in [0.4, 0.5) is 21.8 Å². The van der Waals surface area contributed by atoms with E-state index in [1.54, 1.807) is 77.2 Å². The Morgan fingerprint density at radius 1 is 0.510 bits per heavy atom. The molecule has 496 valence electrons. The van der Waals surface area contributed by atoms with Crippen molar-refractivity contribution in [3.05, 3.63) is 207 Å². The highest BCUT2D eigenvalue weighted by Crippen LogP contribution is 2.55. The zero-order chi connectivity index (χ0) is 68.9. The quantitative estimate of drug-likeness (QED) is 0.0628. The van der Waals surface area contributed by atoms with Crippen LogP contribution in [0.1, 0.15) is 140 Å². The van der Waals surface area contributed by atoms with Gasteiger partial charge in [-0.1, -0.05) is 106 Å². The van der Waals surface area contributed by atoms with Gasteiger partial charge in [-0.15, -0.1) is 0 Å². The van der Waals surface area contributed by atoms with Gasteiger partial charge in [0, 0.05) is 5.02 Å². The average Bonchev–Trinajstić information content (AvgIpc) is 1.54. The van der Waals surface area contributed by atoms with Gasteiger partial charge in [0.25, 0.3) is 16.7 Å². The van der Waals surface area contributed by atoms with Crippen LogP contribution in [0.25, 0.3) is 51.5 Å². The van der Waals surface area contributed by atoms with E-state index < -0.39 is 27.4 Å². The van der Waals surface area contributed by atoms with Crippen molar-refractivity contribution < 1.29 is 18.8 Å². The molecule has 3 aliphatic heterocycles. The molecule has 0 bridgehead atoms. The van der Waals surface area contributed by atoms with Crippen LogP contribution in [0.15, 0.2) is 106 Å². The summed E-state index contributed by atoms with van der Waals surface area (Å²) in [5.41, 5.74) is 6.12. The molecule has 29 heteroatoms. The van der Waals surface area contributed by atoms with Crippen molar-refractivity contribution in [2.75, 3.05) is 16.0 Å². The molecule has 3 atom stereocenters. The van der Waals surface area contributed by atoms with Gasteiger partial charge in [-0.2, -0.15) is 15.3 Å². The minimum atomic E-state index is -1.19. The molecular formula is C69H65ClFN21O6. The lowest BCUT2D eigenvalue weighted by atomic mass is 9.71. The van der Waals surface area contributed by atoms with E-state index in [0.29, 0.717) is 86.4 Å². The maximum atomic E-state index is 14.0. The van der Waals surface area contributed by atoms with Gasteiger partial charge in [-0.25, -0.2) is 62.8 Å². The van der Waals surface area contributed by atoms with Gasteiger partial charge >= 0.3 is 0 Å². The number of aryl methyl sites for hydroxylation is 7. The molecule has 98 heavy (non-hydrogen) atoms. The van der Waals surface area contributed by atoms with Gasteiger partial charge in [0.2, 0.25) is 17.7 Å². The molecule has 4 aliphatic rings. The van der Waals surface area contributed by atoms with E-state index >= 15 is 0 Å². The molecular weight excluding hydrogens is 1270 g/mol. The van der Waals surface area contributed by atoms with Crippen molar-refractivity contribution in [1.82, 2.24) is 88.6 Å². The number of rotatable bonds is 13. The molecule has 9 aromatic heterocycles. The number of carbonyl (C=O) groups excluding carboxylic acids is 3. The van der Waals surface area contributed by atoms with E-state index in [4.69, 9.17) is 16.6 Å². The van der Waals surface area contributed by atoms with Gasteiger partial charge < -0.3 is 30.9 Å². The molecule has 6 N–H and O–H groups in total. The van der Waals surface area contributed by atoms with Crippen LogP contribution in [0.2, 0.25) is 5.02 Å². The predicted octanol–water partition coefficient (Wildman–Crippen LogP) is 8.67. The second kappa shape index (κ2) is 24.3. The van der Waals surface area contributed by atoms with Crippen molar-refractivity contribution in [2.45, 2.75) is 130 Å². The van der Waals surface area contributed by atoms with E-state index in [1.807, 2.05) is 65.0 Å². The minimum Gasteiger partial charge on any atom is -0.309 e.